The molecule has 3 rings (SSSR count). The van der Waals surface area contributed by atoms with Gasteiger partial charge in [0.25, 0.3) is 0 Å². The average Bonchev–Trinajstić information content (AvgIpc) is 3.03. The van der Waals surface area contributed by atoms with Crippen LogP contribution < -0.4 is 0 Å². The summed E-state index contributed by atoms with van der Waals surface area (Å²) in [4.78, 5) is 2.23. The number of H-pyrrole nitrogens is 1. The van der Waals surface area contributed by atoms with Gasteiger partial charge in [0.15, 0.2) is 0 Å². The SMILES string of the molecule is OCc1ccc(CN2CCCC(O)(c3cn[nH]n3)C2)cc1. The lowest BCUT2D eigenvalue weighted by Gasteiger charge is -2.38. The van der Waals surface area contributed by atoms with Crippen LogP contribution in [0.15, 0.2) is 30.5 Å². The van der Waals surface area contributed by atoms with Gasteiger partial charge in [-0.2, -0.15) is 15.4 Å². The number of β-amino-alcohol motifs (C(OH)–C–C–N with tert-alkyl or cyclic N) is 1. The molecule has 1 aliphatic heterocycles. The standard InChI is InChI=1S/C15H20N4O2/c20-10-13-4-2-12(3-5-13)9-19-7-1-6-15(21,11-19)14-8-16-18-17-14/h2-5,8,20-21H,1,6-7,9-11H2,(H,16,17,18). The number of aromatic amines is 1. The highest BCUT2D eigenvalue weighted by Crippen LogP contribution is 2.30. The molecule has 6 nitrogen and oxygen atoms in total. The molecule has 0 saturated carbocycles. The molecule has 1 saturated heterocycles. The molecule has 1 aliphatic rings. The molecule has 1 fully saturated rings. The lowest BCUT2D eigenvalue weighted by molar-refractivity contribution is -0.0414. The molecule has 0 radical (unpaired) electrons. The summed E-state index contributed by atoms with van der Waals surface area (Å²) in [5, 5.41) is 30.2. The molecule has 0 spiro atoms. The van der Waals surface area contributed by atoms with Crippen LogP contribution in [0.4, 0.5) is 0 Å². The number of likely N-dealkylation sites (tertiary alicyclic amines) is 1. The van der Waals surface area contributed by atoms with E-state index in [4.69, 9.17) is 5.11 Å². The summed E-state index contributed by atoms with van der Waals surface area (Å²) in [6.45, 7) is 2.37. The third-order valence-electron chi connectivity index (χ3n) is 4.05. The van der Waals surface area contributed by atoms with Gasteiger partial charge >= 0.3 is 0 Å². The maximum atomic E-state index is 10.8. The second kappa shape index (κ2) is 5.93. The number of hydrogen-bond acceptors (Lipinski definition) is 5. The van der Waals surface area contributed by atoms with Crippen molar-refractivity contribution in [1.29, 1.82) is 0 Å². The molecule has 6 heteroatoms. The van der Waals surface area contributed by atoms with Crippen molar-refractivity contribution in [2.75, 3.05) is 13.1 Å². The van der Waals surface area contributed by atoms with Crippen LogP contribution in [-0.4, -0.2) is 43.6 Å². The fourth-order valence-electron chi connectivity index (χ4n) is 2.90. The van der Waals surface area contributed by atoms with E-state index < -0.39 is 5.60 Å². The highest BCUT2D eigenvalue weighted by molar-refractivity contribution is 5.22. The highest BCUT2D eigenvalue weighted by atomic mass is 16.3. The summed E-state index contributed by atoms with van der Waals surface area (Å²) in [7, 11) is 0. The van der Waals surface area contributed by atoms with E-state index in [1.54, 1.807) is 6.20 Å². The number of piperidine rings is 1. The predicted molar refractivity (Wildman–Crippen MR) is 77.2 cm³/mol. The van der Waals surface area contributed by atoms with E-state index in [9.17, 15) is 5.11 Å². The first-order chi connectivity index (χ1) is 10.2. The molecule has 3 N–H and O–H groups in total. The van der Waals surface area contributed by atoms with Crippen molar-refractivity contribution in [2.45, 2.75) is 31.6 Å². The van der Waals surface area contributed by atoms with Crippen LogP contribution in [0.25, 0.3) is 0 Å². The Morgan fingerprint density at radius 2 is 2.00 bits per heavy atom. The van der Waals surface area contributed by atoms with Crippen LogP contribution in [0, 0.1) is 0 Å². The van der Waals surface area contributed by atoms with Gasteiger partial charge in [0.05, 0.1) is 12.8 Å². The van der Waals surface area contributed by atoms with Crippen molar-refractivity contribution in [3.05, 3.63) is 47.3 Å². The van der Waals surface area contributed by atoms with E-state index in [-0.39, 0.29) is 6.61 Å². The first kappa shape index (κ1) is 14.2. The molecule has 1 unspecified atom stereocenters. The zero-order valence-electron chi connectivity index (χ0n) is 11.9. The minimum atomic E-state index is -0.920. The zero-order chi connectivity index (χ0) is 14.7. The van der Waals surface area contributed by atoms with Gasteiger partial charge in [-0.1, -0.05) is 24.3 Å². The van der Waals surface area contributed by atoms with Crippen LogP contribution in [-0.2, 0) is 18.8 Å². The van der Waals surface area contributed by atoms with Gasteiger partial charge < -0.3 is 10.2 Å². The Morgan fingerprint density at radius 3 is 2.67 bits per heavy atom. The third kappa shape index (κ3) is 3.12. The Bertz CT molecular complexity index is 570. The maximum Gasteiger partial charge on any atom is 0.123 e. The van der Waals surface area contributed by atoms with Crippen LogP contribution in [0.2, 0.25) is 0 Å². The molecule has 1 aromatic heterocycles. The molecule has 2 aromatic rings. The molecule has 1 atom stereocenters. The summed E-state index contributed by atoms with van der Waals surface area (Å²) in [6.07, 6.45) is 3.23. The van der Waals surface area contributed by atoms with E-state index >= 15 is 0 Å². The van der Waals surface area contributed by atoms with Crippen molar-refractivity contribution in [1.82, 2.24) is 20.3 Å². The van der Waals surface area contributed by atoms with E-state index in [2.05, 4.69) is 20.3 Å². The number of benzene rings is 1. The van der Waals surface area contributed by atoms with Crippen molar-refractivity contribution in [3.8, 4) is 0 Å². The van der Waals surface area contributed by atoms with Crippen LogP contribution in [0.1, 0.15) is 29.7 Å². The number of nitrogens with zero attached hydrogens (tertiary/aromatic N) is 3. The normalized spacial score (nSPS) is 23.3. The molecule has 2 heterocycles. The van der Waals surface area contributed by atoms with E-state index in [0.29, 0.717) is 18.7 Å². The molecule has 0 amide bonds. The largest absolute Gasteiger partial charge is 0.392 e. The zero-order valence-corrected chi connectivity index (χ0v) is 11.9. The molecule has 112 valence electrons. The Kier molecular flexibility index (Phi) is 4.01. The number of aliphatic hydroxyl groups is 2. The quantitative estimate of drug-likeness (QED) is 0.774. The van der Waals surface area contributed by atoms with Crippen LogP contribution in [0.5, 0.6) is 0 Å². The fourth-order valence-corrected chi connectivity index (χ4v) is 2.90. The lowest BCUT2D eigenvalue weighted by atomic mass is 9.90. The van der Waals surface area contributed by atoms with Gasteiger partial charge in [0, 0.05) is 13.1 Å². The Hall–Kier alpha value is -1.76. The fraction of sp³-hybridized carbons (Fsp3) is 0.467. The van der Waals surface area contributed by atoms with Crippen molar-refractivity contribution in [3.63, 3.8) is 0 Å². The van der Waals surface area contributed by atoms with E-state index in [1.165, 1.54) is 5.56 Å². The van der Waals surface area contributed by atoms with Crippen molar-refractivity contribution in [2.24, 2.45) is 0 Å². The molecule has 0 bridgehead atoms. The average molecular weight is 288 g/mol. The van der Waals surface area contributed by atoms with Crippen LogP contribution >= 0.6 is 0 Å². The topological polar surface area (TPSA) is 85.3 Å². The third-order valence-corrected chi connectivity index (χ3v) is 4.05. The van der Waals surface area contributed by atoms with Crippen LogP contribution in [0.3, 0.4) is 0 Å². The molecule has 0 aliphatic carbocycles. The second-order valence-electron chi connectivity index (χ2n) is 5.68. The van der Waals surface area contributed by atoms with Crippen molar-refractivity contribution < 1.29 is 10.2 Å². The van der Waals surface area contributed by atoms with Gasteiger partial charge in [-0.15, -0.1) is 0 Å². The summed E-state index contributed by atoms with van der Waals surface area (Å²) in [5.74, 6) is 0. The summed E-state index contributed by atoms with van der Waals surface area (Å²) < 4.78 is 0. The lowest BCUT2D eigenvalue weighted by Crippen LogP contribution is -2.45. The minimum absolute atomic E-state index is 0.0654. The minimum Gasteiger partial charge on any atom is -0.392 e. The molecule has 1 aromatic carbocycles. The summed E-state index contributed by atoms with van der Waals surface area (Å²) in [5.41, 5.74) is 1.78. The number of hydrogen-bond donors (Lipinski definition) is 3. The number of nitrogens with one attached hydrogen (secondary N) is 1. The van der Waals surface area contributed by atoms with E-state index in [0.717, 1.165) is 25.1 Å². The summed E-state index contributed by atoms with van der Waals surface area (Å²) in [6, 6.07) is 7.91. The van der Waals surface area contributed by atoms with Gasteiger partial charge in [0.2, 0.25) is 0 Å². The highest BCUT2D eigenvalue weighted by Gasteiger charge is 2.36. The Labute approximate surface area is 123 Å². The first-order valence-corrected chi connectivity index (χ1v) is 7.19. The number of aliphatic hydroxyl groups excluding tert-OH is 1. The Balaban J connectivity index is 1.68. The molecular formula is C15H20N4O2. The smallest absolute Gasteiger partial charge is 0.123 e. The number of aromatic nitrogens is 3. The number of rotatable bonds is 4. The van der Waals surface area contributed by atoms with Gasteiger partial charge in [-0.05, 0) is 30.5 Å². The van der Waals surface area contributed by atoms with Gasteiger partial charge in [-0.3, -0.25) is 4.90 Å². The van der Waals surface area contributed by atoms with Gasteiger partial charge in [0.1, 0.15) is 11.3 Å². The first-order valence-electron chi connectivity index (χ1n) is 7.19. The second-order valence-corrected chi connectivity index (χ2v) is 5.68. The molecular weight excluding hydrogens is 268 g/mol. The Morgan fingerprint density at radius 1 is 1.24 bits per heavy atom. The summed E-state index contributed by atoms with van der Waals surface area (Å²) >= 11 is 0. The van der Waals surface area contributed by atoms with E-state index in [1.807, 2.05) is 24.3 Å². The molecule has 21 heavy (non-hydrogen) atoms. The predicted octanol–water partition coefficient (Wildman–Crippen LogP) is 0.781. The van der Waals surface area contributed by atoms with Crippen molar-refractivity contribution >= 4 is 0 Å². The van der Waals surface area contributed by atoms with Gasteiger partial charge in [-0.25, -0.2) is 0 Å². The monoisotopic (exact) mass is 288 g/mol. The maximum absolute atomic E-state index is 10.8.